The van der Waals surface area contributed by atoms with E-state index in [2.05, 4.69) is 0 Å². The Balaban J connectivity index is 1.09. The summed E-state index contributed by atoms with van der Waals surface area (Å²) in [6.45, 7) is 5.04. The number of piperidine rings is 1. The van der Waals surface area contributed by atoms with E-state index in [0.29, 0.717) is 55.0 Å². The van der Waals surface area contributed by atoms with Crippen molar-refractivity contribution in [3.63, 3.8) is 0 Å². The average Bonchev–Trinajstić information content (AvgIpc) is 3.42. The van der Waals surface area contributed by atoms with E-state index in [4.69, 9.17) is 4.74 Å². The highest BCUT2D eigenvalue weighted by atomic mass is 16.5. The van der Waals surface area contributed by atoms with E-state index in [0.717, 1.165) is 30.6 Å². The van der Waals surface area contributed by atoms with Gasteiger partial charge in [-0.25, -0.2) is 0 Å². The Labute approximate surface area is 239 Å². The molecule has 7 heteroatoms. The predicted molar refractivity (Wildman–Crippen MR) is 155 cm³/mol. The predicted octanol–water partition coefficient (Wildman–Crippen LogP) is 5.03. The number of ketones is 2. The van der Waals surface area contributed by atoms with Gasteiger partial charge in [-0.2, -0.15) is 0 Å². The summed E-state index contributed by atoms with van der Waals surface area (Å²) < 4.78 is 5.65. The molecule has 2 saturated heterocycles. The SMILES string of the molecule is CCOc1ccccc1/C=C/C(=O)N1CCC2(CC1)CCN(C(=O)c1ccc3c(c1)C(=O)c1ccccc1C3=O)C2. The molecule has 0 bridgehead atoms. The number of para-hydroxylation sites is 1. The lowest BCUT2D eigenvalue weighted by Crippen LogP contribution is -2.44. The minimum absolute atomic E-state index is 0.0172. The molecule has 2 heterocycles. The third-order valence-electron chi connectivity index (χ3n) is 8.66. The number of hydrogen-bond donors (Lipinski definition) is 0. The van der Waals surface area contributed by atoms with Crippen LogP contribution in [0.3, 0.4) is 0 Å². The number of amides is 2. The fourth-order valence-corrected chi connectivity index (χ4v) is 6.30. The topological polar surface area (TPSA) is 84.0 Å². The van der Waals surface area contributed by atoms with Crippen LogP contribution in [0.1, 0.15) is 74.0 Å². The van der Waals surface area contributed by atoms with Gasteiger partial charge in [0, 0.05) is 65.6 Å². The fourth-order valence-electron chi connectivity index (χ4n) is 6.30. The Morgan fingerprint density at radius 2 is 1.41 bits per heavy atom. The molecular weight excluding hydrogens is 516 g/mol. The molecule has 0 radical (unpaired) electrons. The summed E-state index contributed by atoms with van der Waals surface area (Å²) in [4.78, 5) is 56.2. The van der Waals surface area contributed by atoms with Crippen LogP contribution < -0.4 is 4.74 Å². The van der Waals surface area contributed by atoms with Gasteiger partial charge in [0.05, 0.1) is 6.61 Å². The van der Waals surface area contributed by atoms with E-state index in [1.807, 2.05) is 47.1 Å². The van der Waals surface area contributed by atoms with E-state index < -0.39 is 0 Å². The van der Waals surface area contributed by atoms with Crippen LogP contribution in [0.2, 0.25) is 0 Å². The van der Waals surface area contributed by atoms with Crippen LogP contribution in [-0.4, -0.2) is 66.0 Å². The molecule has 7 nitrogen and oxygen atoms in total. The Hall–Kier alpha value is -4.52. The smallest absolute Gasteiger partial charge is 0.253 e. The van der Waals surface area contributed by atoms with Gasteiger partial charge < -0.3 is 14.5 Å². The van der Waals surface area contributed by atoms with Crippen LogP contribution in [-0.2, 0) is 4.79 Å². The van der Waals surface area contributed by atoms with E-state index in [1.54, 1.807) is 48.5 Å². The normalized spacial score (nSPS) is 17.6. The standard InChI is InChI=1S/C34H32N2O5/c1-2-41-29-10-6-3-7-23(29)12-14-30(37)35-18-15-34(16-19-35)17-20-36(22-34)33(40)24-11-13-27-28(21-24)32(39)26-9-5-4-8-25(26)31(27)38/h3-14,21H,2,15-20,22H2,1H3/b14-12+. The van der Waals surface area contributed by atoms with Crippen molar-refractivity contribution in [2.24, 2.45) is 5.41 Å². The fraction of sp³-hybridized carbons (Fsp3) is 0.294. The number of benzene rings is 3. The molecule has 3 aliphatic rings. The molecule has 1 spiro atoms. The first kappa shape index (κ1) is 26.7. The number of carbonyl (C=O) groups excluding carboxylic acids is 4. The quantitative estimate of drug-likeness (QED) is 0.327. The molecule has 0 N–H and O–H groups in total. The molecule has 41 heavy (non-hydrogen) atoms. The molecule has 2 fully saturated rings. The molecule has 1 aliphatic carbocycles. The molecule has 2 aliphatic heterocycles. The van der Waals surface area contributed by atoms with Gasteiger partial charge in [-0.3, -0.25) is 19.2 Å². The monoisotopic (exact) mass is 548 g/mol. The third-order valence-corrected chi connectivity index (χ3v) is 8.66. The summed E-state index contributed by atoms with van der Waals surface area (Å²) >= 11 is 0. The lowest BCUT2D eigenvalue weighted by atomic mass is 9.77. The number of ether oxygens (including phenoxy) is 1. The van der Waals surface area contributed by atoms with Crippen LogP contribution in [0, 0.1) is 5.41 Å². The summed E-state index contributed by atoms with van der Waals surface area (Å²) in [6.07, 6.45) is 5.97. The Morgan fingerprint density at radius 1 is 0.805 bits per heavy atom. The van der Waals surface area contributed by atoms with Crippen molar-refractivity contribution < 1.29 is 23.9 Å². The van der Waals surface area contributed by atoms with Gasteiger partial charge in [0.25, 0.3) is 5.91 Å². The van der Waals surface area contributed by atoms with Crippen molar-refractivity contribution in [2.75, 3.05) is 32.8 Å². The first-order chi connectivity index (χ1) is 19.9. The molecule has 0 unspecified atom stereocenters. The maximum Gasteiger partial charge on any atom is 0.253 e. The van der Waals surface area contributed by atoms with Crippen molar-refractivity contribution in [2.45, 2.75) is 26.2 Å². The molecule has 3 aromatic rings. The first-order valence-corrected chi connectivity index (χ1v) is 14.2. The lowest BCUT2D eigenvalue weighted by molar-refractivity contribution is -0.128. The minimum Gasteiger partial charge on any atom is -0.493 e. The number of carbonyl (C=O) groups is 4. The summed E-state index contributed by atoms with van der Waals surface area (Å²) in [5.74, 6) is 0.191. The van der Waals surface area contributed by atoms with Gasteiger partial charge in [0.15, 0.2) is 11.6 Å². The van der Waals surface area contributed by atoms with E-state index >= 15 is 0 Å². The second kappa shape index (κ2) is 10.8. The number of rotatable bonds is 5. The Bertz CT molecular complexity index is 1580. The first-order valence-electron chi connectivity index (χ1n) is 14.2. The van der Waals surface area contributed by atoms with Gasteiger partial charge in [-0.15, -0.1) is 0 Å². The highest BCUT2D eigenvalue weighted by Gasteiger charge is 2.43. The van der Waals surface area contributed by atoms with Crippen molar-refractivity contribution in [1.29, 1.82) is 0 Å². The van der Waals surface area contributed by atoms with Gasteiger partial charge in [0.2, 0.25) is 5.91 Å². The van der Waals surface area contributed by atoms with Gasteiger partial charge in [-0.1, -0.05) is 42.5 Å². The molecule has 0 atom stereocenters. The zero-order chi connectivity index (χ0) is 28.6. The van der Waals surface area contributed by atoms with Crippen LogP contribution in [0.25, 0.3) is 6.08 Å². The van der Waals surface area contributed by atoms with E-state index in [-0.39, 0.29) is 34.4 Å². The second-order valence-corrected chi connectivity index (χ2v) is 11.1. The van der Waals surface area contributed by atoms with Crippen LogP contribution in [0.15, 0.2) is 72.8 Å². The molecule has 2 amide bonds. The van der Waals surface area contributed by atoms with E-state index in [9.17, 15) is 19.2 Å². The zero-order valence-corrected chi connectivity index (χ0v) is 23.1. The number of hydrogen-bond acceptors (Lipinski definition) is 5. The third kappa shape index (κ3) is 4.97. The van der Waals surface area contributed by atoms with Crippen LogP contribution in [0.5, 0.6) is 5.75 Å². The largest absolute Gasteiger partial charge is 0.493 e. The van der Waals surface area contributed by atoms with Crippen LogP contribution >= 0.6 is 0 Å². The summed E-state index contributed by atoms with van der Waals surface area (Å²) in [6, 6.07) is 19.3. The highest BCUT2D eigenvalue weighted by Crippen LogP contribution is 2.41. The highest BCUT2D eigenvalue weighted by molar-refractivity contribution is 6.28. The molecule has 208 valence electrons. The van der Waals surface area contributed by atoms with Crippen molar-refractivity contribution >= 4 is 29.5 Å². The van der Waals surface area contributed by atoms with Crippen molar-refractivity contribution in [1.82, 2.24) is 9.80 Å². The molecule has 0 aromatic heterocycles. The maximum absolute atomic E-state index is 13.5. The summed E-state index contributed by atoms with van der Waals surface area (Å²) in [5.41, 5.74) is 2.69. The molecule has 3 aromatic carbocycles. The summed E-state index contributed by atoms with van der Waals surface area (Å²) in [7, 11) is 0. The number of fused-ring (bicyclic) bond motifs is 2. The molecule has 0 saturated carbocycles. The Morgan fingerprint density at radius 3 is 2.12 bits per heavy atom. The summed E-state index contributed by atoms with van der Waals surface area (Å²) in [5, 5.41) is 0. The molecular formula is C34H32N2O5. The minimum atomic E-state index is -0.227. The number of nitrogens with zero attached hydrogens (tertiary/aromatic N) is 2. The Kier molecular flexibility index (Phi) is 7.03. The van der Waals surface area contributed by atoms with Crippen LogP contribution in [0.4, 0.5) is 0 Å². The van der Waals surface area contributed by atoms with Gasteiger partial charge in [-0.05, 0) is 61.9 Å². The van der Waals surface area contributed by atoms with Gasteiger partial charge in [0.1, 0.15) is 5.75 Å². The van der Waals surface area contributed by atoms with E-state index in [1.165, 1.54) is 0 Å². The van der Waals surface area contributed by atoms with Gasteiger partial charge >= 0.3 is 0 Å². The number of likely N-dealkylation sites (tertiary alicyclic amines) is 2. The maximum atomic E-state index is 13.5. The average molecular weight is 549 g/mol. The second-order valence-electron chi connectivity index (χ2n) is 11.1. The molecule has 6 rings (SSSR count). The lowest BCUT2D eigenvalue weighted by Gasteiger charge is -2.39. The van der Waals surface area contributed by atoms with Crippen molar-refractivity contribution in [3.8, 4) is 5.75 Å². The zero-order valence-electron chi connectivity index (χ0n) is 23.1. The van der Waals surface area contributed by atoms with Crippen molar-refractivity contribution in [3.05, 3.63) is 106 Å².